The monoisotopic (exact) mass is 267 g/mol. The average Bonchev–Trinajstić information content (AvgIpc) is 2.62. The Balaban J connectivity index is 2.12. The Kier molecular flexibility index (Phi) is 3.24. The molecule has 1 aromatic carbocycles. The largest absolute Gasteiger partial charge is 0.399 e. The van der Waals surface area contributed by atoms with Gasteiger partial charge in [-0.2, -0.15) is 0 Å². The lowest BCUT2D eigenvalue weighted by atomic mass is 10.3. The first-order chi connectivity index (χ1) is 8.44. The van der Waals surface area contributed by atoms with Crippen LogP contribution in [-0.2, 0) is 15.8 Å². The number of aryl methyl sites for hydroxylation is 1. The predicted octanol–water partition coefficient (Wildman–Crippen LogP) is 1.51. The fourth-order valence-corrected chi connectivity index (χ4v) is 2.58. The maximum absolute atomic E-state index is 11.9. The molecule has 18 heavy (non-hydrogen) atoms. The molecule has 0 atom stereocenters. The SMILES string of the molecule is Cc1cc(CS(=O)(=O)Nc2cccc(N)c2)no1. The summed E-state index contributed by atoms with van der Waals surface area (Å²) >= 11 is 0. The van der Waals surface area contributed by atoms with E-state index in [1.807, 2.05) is 0 Å². The third-order valence-corrected chi connectivity index (χ3v) is 3.40. The molecule has 0 saturated heterocycles. The van der Waals surface area contributed by atoms with E-state index in [9.17, 15) is 8.42 Å². The zero-order valence-electron chi connectivity index (χ0n) is 9.75. The normalized spacial score (nSPS) is 11.4. The third kappa shape index (κ3) is 3.24. The van der Waals surface area contributed by atoms with E-state index in [-0.39, 0.29) is 5.75 Å². The Bertz CT molecular complexity index is 649. The maximum Gasteiger partial charge on any atom is 0.238 e. The van der Waals surface area contributed by atoms with Crippen molar-refractivity contribution in [3.05, 3.63) is 41.8 Å². The minimum Gasteiger partial charge on any atom is -0.399 e. The molecule has 1 aromatic heterocycles. The van der Waals surface area contributed by atoms with Crippen molar-refractivity contribution in [1.29, 1.82) is 0 Å². The van der Waals surface area contributed by atoms with Crippen LogP contribution in [0.3, 0.4) is 0 Å². The van der Waals surface area contributed by atoms with Gasteiger partial charge in [-0.05, 0) is 25.1 Å². The zero-order chi connectivity index (χ0) is 13.2. The Morgan fingerprint density at radius 3 is 2.78 bits per heavy atom. The van der Waals surface area contributed by atoms with Crippen LogP contribution in [0, 0.1) is 6.92 Å². The van der Waals surface area contributed by atoms with Gasteiger partial charge in [0.2, 0.25) is 10.0 Å². The molecule has 96 valence electrons. The van der Waals surface area contributed by atoms with Crippen LogP contribution in [-0.4, -0.2) is 13.6 Å². The fourth-order valence-electron chi connectivity index (χ4n) is 1.50. The van der Waals surface area contributed by atoms with E-state index in [0.717, 1.165) is 0 Å². The molecule has 0 spiro atoms. The van der Waals surface area contributed by atoms with Gasteiger partial charge < -0.3 is 10.3 Å². The Hall–Kier alpha value is -2.02. The number of rotatable bonds is 4. The molecule has 7 heteroatoms. The summed E-state index contributed by atoms with van der Waals surface area (Å²) in [6.07, 6.45) is 0. The third-order valence-electron chi connectivity index (χ3n) is 2.17. The van der Waals surface area contributed by atoms with Crippen LogP contribution in [0.5, 0.6) is 0 Å². The average molecular weight is 267 g/mol. The molecular weight excluding hydrogens is 254 g/mol. The number of hydrogen-bond acceptors (Lipinski definition) is 5. The molecule has 0 radical (unpaired) electrons. The first-order valence-corrected chi connectivity index (χ1v) is 6.88. The van der Waals surface area contributed by atoms with E-state index in [4.69, 9.17) is 10.3 Å². The van der Waals surface area contributed by atoms with Gasteiger partial charge >= 0.3 is 0 Å². The number of nitrogen functional groups attached to an aromatic ring is 1. The standard InChI is InChI=1S/C11H13N3O3S/c1-8-5-11(13-17-8)7-18(15,16)14-10-4-2-3-9(12)6-10/h2-6,14H,7,12H2,1H3. The van der Waals surface area contributed by atoms with E-state index in [0.29, 0.717) is 22.8 Å². The van der Waals surface area contributed by atoms with Gasteiger partial charge in [0, 0.05) is 11.8 Å². The quantitative estimate of drug-likeness (QED) is 0.818. The first kappa shape index (κ1) is 12.4. The summed E-state index contributed by atoms with van der Waals surface area (Å²) < 4.78 is 31.0. The smallest absolute Gasteiger partial charge is 0.238 e. The molecule has 1 heterocycles. The number of anilines is 2. The summed E-state index contributed by atoms with van der Waals surface area (Å²) in [6.45, 7) is 1.70. The number of nitrogens with two attached hydrogens (primary N) is 1. The van der Waals surface area contributed by atoms with Crippen molar-refractivity contribution in [1.82, 2.24) is 5.16 Å². The minimum absolute atomic E-state index is 0.237. The zero-order valence-corrected chi connectivity index (χ0v) is 10.6. The molecule has 0 unspecified atom stereocenters. The maximum atomic E-state index is 11.9. The molecule has 0 aliphatic carbocycles. The van der Waals surface area contributed by atoms with Crippen molar-refractivity contribution in [2.45, 2.75) is 12.7 Å². The summed E-state index contributed by atoms with van der Waals surface area (Å²) in [5.74, 6) is 0.336. The van der Waals surface area contributed by atoms with Gasteiger partial charge in [0.05, 0.1) is 5.69 Å². The lowest BCUT2D eigenvalue weighted by molar-refractivity contribution is 0.392. The lowest BCUT2D eigenvalue weighted by Crippen LogP contribution is -2.15. The van der Waals surface area contributed by atoms with Gasteiger partial charge in [-0.25, -0.2) is 8.42 Å². The lowest BCUT2D eigenvalue weighted by Gasteiger charge is -2.06. The molecule has 0 aliphatic rings. The second kappa shape index (κ2) is 4.69. The summed E-state index contributed by atoms with van der Waals surface area (Å²) in [5.41, 5.74) is 6.86. The fraction of sp³-hybridized carbons (Fsp3) is 0.182. The van der Waals surface area contributed by atoms with E-state index < -0.39 is 10.0 Å². The van der Waals surface area contributed by atoms with Crippen molar-refractivity contribution in [2.24, 2.45) is 0 Å². The van der Waals surface area contributed by atoms with Gasteiger partial charge in [0.15, 0.2) is 0 Å². The van der Waals surface area contributed by atoms with Crippen LogP contribution >= 0.6 is 0 Å². The van der Waals surface area contributed by atoms with E-state index in [1.165, 1.54) is 0 Å². The summed E-state index contributed by atoms with van der Waals surface area (Å²) in [7, 11) is -3.52. The van der Waals surface area contributed by atoms with Crippen LogP contribution in [0.15, 0.2) is 34.9 Å². The van der Waals surface area contributed by atoms with Gasteiger partial charge in [-0.1, -0.05) is 11.2 Å². The number of hydrogen-bond donors (Lipinski definition) is 2. The van der Waals surface area contributed by atoms with Crippen molar-refractivity contribution in [3.8, 4) is 0 Å². The molecule has 2 rings (SSSR count). The highest BCUT2D eigenvalue weighted by molar-refractivity contribution is 7.91. The Morgan fingerprint density at radius 1 is 1.39 bits per heavy atom. The minimum atomic E-state index is -3.52. The molecule has 2 aromatic rings. The van der Waals surface area contributed by atoms with Crippen LogP contribution in [0.2, 0.25) is 0 Å². The van der Waals surface area contributed by atoms with Crippen LogP contribution in [0.1, 0.15) is 11.5 Å². The number of nitrogens with one attached hydrogen (secondary N) is 1. The highest BCUT2D eigenvalue weighted by Crippen LogP contribution is 2.15. The van der Waals surface area contributed by atoms with Crippen molar-refractivity contribution in [3.63, 3.8) is 0 Å². The molecule has 0 amide bonds. The highest BCUT2D eigenvalue weighted by Gasteiger charge is 2.14. The number of nitrogens with zero attached hydrogens (tertiary/aromatic N) is 1. The molecule has 0 aliphatic heterocycles. The van der Waals surface area contributed by atoms with Gasteiger partial charge in [0.25, 0.3) is 0 Å². The Morgan fingerprint density at radius 2 is 2.17 bits per heavy atom. The van der Waals surface area contributed by atoms with Crippen LogP contribution < -0.4 is 10.5 Å². The highest BCUT2D eigenvalue weighted by atomic mass is 32.2. The van der Waals surface area contributed by atoms with E-state index >= 15 is 0 Å². The molecule has 0 fully saturated rings. The van der Waals surface area contributed by atoms with Crippen molar-refractivity contribution in [2.75, 3.05) is 10.5 Å². The van der Waals surface area contributed by atoms with Crippen molar-refractivity contribution >= 4 is 21.4 Å². The molecule has 3 N–H and O–H groups in total. The summed E-state index contributed by atoms with van der Waals surface area (Å²) in [4.78, 5) is 0. The molecule has 6 nitrogen and oxygen atoms in total. The van der Waals surface area contributed by atoms with E-state index in [1.54, 1.807) is 37.3 Å². The second-order valence-electron chi connectivity index (χ2n) is 3.92. The first-order valence-electron chi connectivity index (χ1n) is 5.23. The summed E-state index contributed by atoms with van der Waals surface area (Å²) in [5, 5.41) is 3.64. The van der Waals surface area contributed by atoms with Gasteiger partial charge in [-0.15, -0.1) is 0 Å². The number of sulfonamides is 1. The Labute approximate surface area is 105 Å². The summed E-state index contributed by atoms with van der Waals surface area (Å²) in [6, 6.07) is 8.11. The van der Waals surface area contributed by atoms with Crippen LogP contribution in [0.25, 0.3) is 0 Å². The predicted molar refractivity (Wildman–Crippen MR) is 68.3 cm³/mol. The van der Waals surface area contributed by atoms with E-state index in [2.05, 4.69) is 9.88 Å². The number of benzene rings is 1. The van der Waals surface area contributed by atoms with Crippen LogP contribution in [0.4, 0.5) is 11.4 Å². The van der Waals surface area contributed by atoms with Gasteiger partial charge in [-0.3, -0.25) is 4.72 Å². The molecule has 0 saturated carbocycles. The molecular formula is C11H13N3O3S. The number of aromatic nitrogens is 1. The van der Waals surface area contributed by atoms with Crippen molar-refractivity contribution < 1.29 is 12.9 Å². The topological polar surface area (TPSA) is 98.2 Å². The van der Waals surface area contributed by atoms with Gasteiger partial charge in [0.1, 0.15) is 17.2 Å². The second-order valence-corrected chi connectivity index (χ2v) is 5.64. The molecule has 0 bridgehead atoms.